The van der Waals surface area contributed by atoms with Gasteiger partial charge in [0, 0.05) is 18.4 Å². The van der Waals surface area contributed by atoms with Gasteiger partial charge in [-0.15, -0.1) is 0 Å². The number of amides is 1. The van der Waals surface area contributed by atoms with E-state index in [2.05, 4.69) is 0 Å². The number of hydrogen-bond acceptors (Lipinski definition) is 3. The van der Waals surface area contributed by atoms with E-state index >= 15 is 0 Å². The number of benzene rings is 1. The fourth-order valence-electron chi connectivity index (χ4n) is 1.26. The summed E-state index contributed by atoms with van der Waals surface area (Å²) in [7, 11) is 0. The molecule has 84 valence electrons. The molecule has 0 saturated carbocycles. The summed E-state index contributed by atoms with van der Waals surface area (Å²) in [5.41, 5.74) is 5.42. The van der Waals surface area contributed by atoms with E-state index in [4.69, 9.17) is 5.73 Å². The van der Waals surface area contributed by atoms with Crippen LogP contribution in [0, 0.1) is 0 Å². The molecule has 0 unspecified atom stereocenters. The number of primary amides is 1. The minimum atomic E-state index is -0.527. The lowest BCUT2D eigenvalue weighted by Gasteiger charge is -1.99. The summed E-state index contributed by atoms with van der Waals surface area (Å²) >= 11 is 0. The number of ketones is 2. The number of rotatable bonds is 6. The van der Waals surface area contributed by atoms with E-state index in [0.717, 1.165) is 0 Å². The van der Waals surface area contributed by atoms with E-state index in [9.17, 15) is 14.4 Å². The van der Waals surface area contributed by atoms with Crippen LogP contribution in [0.15, 0.2) is 30.3 Å². The molecule has 0 aromatic heterocycles. The summed E-state index contributed by atoms with van der Waals surface area (Å²) < 4.78 is 0. The van der Waals surface area contributed by atoms with Crippen LogP contribution in [0.3, 0.4) is 0 Å². The molecule has 0 bridgehead atoms. The van der Waals surface area contributed by atoms with Gasteiger partial charge in [0.2, 0.25) is 5.91 Å². The standard InChI is InChI=1S/C12H13NO3/c13-12(16)7-6-10(14)8-11(15)9-4-2-1-3-5-9/h1-5H,6-8H2,(H2,13,16). The summed E-state index contributed by atoms with van der Waals surface area (Å²) in [4.78, 5) is 33.3. The maximum Gasteiger partial charge on any atom is 0.217 e. The second-order valence-corrected chi connectivity index (χ2v) is 3.47. The Morgan fingerprint density at radius 2 is 1.62 bits per heavy atom. The molecule has 1 aromatic rings. The molecule has 0 aliphatic rings. The highest BCUT2D eigenvalue weighted by atomic mass is 16.2. The first kappa shape index (κ1) is 12.1. The molecular weight excluding hydrogens is 206 g/mol. The van der Waals surface area contributed by atoms with Gasteiger partial charge in [-0.3, -0.25) is 14.4 Å². The lowest BCUT2D eigenvalue weighted by Crippen LogP contribution is -2.14. The first-order chi connectivity index (χ1) is 7.59. The van der Waals surface area contributed by atoms with Crippen molar-refractivity contribution in [1.29, 1.82) is 0 Å². The summed E-state index contributed by atoms with van der Waals surface area (Å²) in [6.07, 6.45) is -0.133. The molecule has 1 amide bonds. The number of nitrogens with two attached hydrogens (primary N) is 1. The van der Waals surface area contributed by atoms with Crippen molar-refractivity contribution in [1.82, 2.24) is 0 Å². The molecule has 1 aromatic carbocycles. The van der Waals surface area contributed by atoms with Crippen molar-refractivity contribution >= 4 is 17.5 Å². The molecule has 0 aliphatic carbocycles. The van der Waals surface area contributed by atoms with Gasteiger partial charge in [-0.25, -0.2) is 0 Å². The highest BCUT2D eigenvalue weighted by Crippen LogP contribution is 2.05. The van der Waals surface area contributed by atoms with Gasteiger partial charge >= 0.3 is 0 Å². The number of carbonyl (C=O) groups excluding carboxylic acids is 3. The quantitative estimate of drug-likeness (QED) is 0.574. The summed E-state index contributed by atoms with van der Waals surface area (Å²) in [6.45, 7) is 0. The van der Waals surface area contributed by atoms with Gasteiger partial charge in [0.05, 0.1) is 6.42 Å². The van der Waals surface area contributed by atoms with Gasteiger partial charge < -0.3 is 5.73 Å². The molecule has 0 fully saturated rings. The topological polar surface area (TPSA) is 77.2 Å². The second-order valence-electron chi connectivity index (χ2n) is 3.47. The molecule has 4 heteroatoms. The SMILES string of the molecule is NC(=O)CCC(=O)CC(=O)c1ccccc1. The molecule has 16 heavy (non-hydrogen) atoms. The summed E-state index contributed by atoms with van der Waals surface area (Å²) in [5, 5.41) is 0. The molecule has 0 heterocycles. The Labute approximate surface area is 93.4 Å². The molecule has 0 aliphatic heterocycles. The Bertz CT molecular complexity index is 398. The molecule has 0 atom stereocenters. The molecule has 0 saturated heterocycles. The molecular formula is C12H13NO3. The van der Waals surface area contributed by atoms with Crippen molar-refractivity contribution in [2.45, 2.75) is 19.3 Å². The Morgan fingerprint density at radius 3 is 2.19 bits per heavy atom. The highest BCUT2D eigenvalue weighted by molar-refractivity contribution is 6.08. The van der Waals surface area contributed by atoms with E-state index in [1.807, 2.05) is 0 Å². The van der Waals surface area contributed by atoms with E-state index in [1.165, 1.54) is 0 Å². The van der Waals surface area contributed by atoms with Crippen LogP contribution in [-0.2, 0) is 9.59 Å². The summed E-state index contributed by atoms with van der Waals surface area (Å²) in [5.74, 6) is -1.01. The van der Waals surface area contributed by atoms with Crippen molar-refractivity contribution in [3.63, 3.8) is 0 Å². The Kier molecular flexibility index (Phi) is 4.39. The average Bonchev–Trinajstić information content (AvgIpc) is 2.27. The maximum atomic E-state index is 11.6. The van der Waals surface area contributed by atoms with Crippen LogP contribution in [0.2, 0.25) is 0 Å². The zero-order chi connectivity index (χ0) is 12.0. The van der Waals surface area contributed by atoms with Crippen LogP contribution in [0.4, 0.5) is 0 Å². The average molecular weight is 219 g/mol. The Balaban J connectivity index is 2.46. The minimum Gasteiger partial charge on any atom is -0.370 e. The third-order valence-corrected chi connectivity index (χ3v) is 2.10. The third kappa shape index (κ3) is 4.04. The predicted molar refractivity (Wildman–Crippen MR) is 58.8 cm³/mol. The van der Waals surface area contributed by atoms with Gasteiger partial charge in [0.1, 0.15) is 5.78 Å². The molecule has 2 N–H and O–H groups in total. The van der Waals surface area contributed by atoms with Crippen LogP contribution in [0.25, 0.3) is 0 Å². The smallest absolute Gasteiger partial charge is 0.217 e. The monoisotopic (exact) mass is 219 g/mol. The Hall–Kier alpha value is -1.97. The normalized spacial score (nSPS) is 9.75. The van der Waals surface area contributed by atoms with E-state index in [1.54, 1.807) is 30.3 Å². The van der Waals surface area contributed by atoms with E-state index in [-0.39, 0.29) is 30.8 Å². The molecule has 4 nitrogen and oxygen atoms in total. The first-order valence-electron chi connectivity index (χ1n) is 4.98. The van der Waals surface area contributed by atoms with E-state index in [0.29, 0.717) is 5.56 Å². The molecule has 0 spiro atoms. The zero-order valence-electron chi connectivity index (χ0n) is 8.81. The lowest BCUT2D eigenvalue weighted by molar-refractivity contribution is -0.123. The first-order valence-corrected chi connectivity index (χ1v) is 4.98. The van der Waals surface area contributed by atoms with Crippen LogP contribution >= 0.6 is 0 Å². The van der Waals surface area contributed by atoms with E-state index < -0.39 is 5.91 Å². The van der Waals surface area contributed by atoms with Gasteiger partial charge in [0.15, 0.2) is 5.78 Å². The van der Waals surface area contributed by atoms with Crippen molar-refractivity contribution in [3.8, 4) is 0 Å². The largest absolute Gasteiger partial charge is 0.370 e. The van der Waals surface area contributed by atoms with Crippen LogP contribution in [0.1, 0.15) is 29.6 Å². The summed E-state index contributed by atoms with van der Waals surface area (Å²) in [6, 6.07) is 8.58. The fraction of sp³-hybridized carbons (Fsp3) is 0.250. The van der Waals surface area contributed by atoms with Crippen LogP contribution < -0.4 is 5.73 Å². The Morgan fingerprint density at radius 1 is 1.00 bits per heavy atom. The van der Waals surface area contributed by atoms with Crippen molar-refractivity contribution in [2.24, 2.45) is 5.73 Å². The molecule has 1 rings (SSSR count). The van der Waals surface area contributed by atoms with Crippen molar-refractivity contribution in [3.05, 3.63) is 35.9 Å². The van der Waals surface area contributed by atoms with Crippen molar-refractivity contribution in [2.75, 3.05) is 0 Å². The van der Waals surface area contributed by atoms with Crippen LogP contribution in [-0.4, -0.2) is 17.5 Å². The van der Waals surface area contributed by atoms with Gasteiger partial charge in [-0.2, -0.15) is 0 Å². The number of Topliss-reactive ketones (excluding diaryl/α,β-unsaturated/α-hetero) is 2. The van der Waals surface area contributed by atoms with Gasteiger partial charge in [0.25, 0.3) is 0 Å². The van der Waals surface area contributed by atoms with Gasteiger partial charge in [-0.05, 0) is 0 Å². The molecule has 0 radical (unpaired) electrons. The number of carbonyl (C=O) groups is 3. The number of hydrogen-bond donors (Lipinski definition) is 1. The fourth-order valence-corrected chi connectivity index (χ4v) is 1.26. The van der Waals surface area contributed by atoms with Gasteiger partial charge in [-0.1, -0.05) is 30.3 Å². The highest BCUT2D eigenvalue weighted by Gasteiger charge is 2.11. The lowest BCUT2D eigenvalue weighted by atomic mass is 10.0. The second kappa shape index (κ2) is 5.80. The third-order valence-electron chi connectivity index (χ3n) is 2.10. The van der Waals surface area contributed by atoms with Crippen molar-refractivity contribution < 1.29 is 14.4 Å². The minimum absolute atomic E-state index is 0.000896. The maximum absolute atomic E-state index is 11.6. The van der Waals surface area contributed by atoms with Crippen LogP contribution in [0.5, 0.6) is 0 Å². The predicted octanol–water partition coefficient (Wildman–Crippen LogP) is 1.09. The zero-order valence-corrected chi connectivity index (χ0v) is 8.81.